The molecule has 1 fully saturated rings. The molecule has 0 bridgehead atoms. The summed E-state index contributed by atoms with van der Waals surface area (Å²) < 4.78 is 4.53. The minimum absolute atomic E-state index is 0.165. The number of hydrogen-bond donors (Lipinski definition) is 2. The molecular weight excluding hydrogens is 264 g/mol. The van der Waals surface area contributed by atoms with Crippen LogP contribution in [0.4, 0.5) is 4.79 Å². The molecule has 0 saturated carbocycles. The van der Waals surface area contributed by atoms with E-state index >= 15 is 0 Å². The maximum atomic E-state index is 12.1. The van der Waals surface area contributed by atoms with Gasteiger partial charge in [-0.3, -0.25) is 4.79 Å². The lowest BCUT2D eigenvalue weighted by molar-refractivity contribution is -0.152. The maximum Gasteiger partial charge on any atom is 0.328 e. The summed E-state index contributed by atoms with van der Waals surface area (Å²) in [6.45, 7) is 4.00. The SMILES string of the molecule is CCC1(C(=O)O)CCCN(C(=O)NC(C)C(=O)OC)C1. The van der Waals surface area contributed by atoms with Gasteiger partial charge in [-0.15, -0.1) is 0 Å². The van der Waals surface area contributed by atoms with Gasteiger partial charge in [0.15, 0.2) is 0 Å². The van der Waals surface area contributed by atoms with E-state index < -0.39 is 29.4 Å². The molecule has 2 amide bonds. The van der Waals surface area contributed by atoms with Crippen molar-refractivity contribution in [1.82, 2.24) is 10.2 Å². The molecule has 1 heterocycles. The quantitative estimate of drug-likeness (QED) is 0.746. The summed E-state index contributed by atoms with van der Waals surface area (Å²) in [7, 11) is 1.25. The molecule has 0 aliphatic carbocycles. The molecule has 1 rings (SSSR count). The van der Waals surface area contributed by atoms with Crippen molar-refractivity contribution in [2.45, 2.75) is 39.2 Å². The molecule has 2 atom stereocenters. The van der Waals surface area contributed by atoms with E-state index in [4.69, 9.17) is 0 Å². The van der Waals surface area contributed by atoms with Crippen molar-refractivity contribution in [2.75, 3.05) is 20.2 Å². The Labute approximate surface area is 118 Å². The number of carbonyl (C=O) groups is 3. The number of nitrogens with zero attached hydrogens (tertiary/aromatic N) is 1. The van der Waals surface area contributed by atoms with E-state index in [1.807, 2.05) is 6.92 Å². The van der Waals surface area contributed by atoms with Crippen molar-refractivity contribution in [2.24, 2.45) is 5.41 Å². The molecule has 0 aromatic heterocycles. The Hall–Kier alpha value is -1.79. The molecule has 1 aliphatic rings. The van der Waals surface area contributed by atoms with Crippen LogP contribution in [0.25, 0.3) is 0 Å². The summed E-state index contributed by atoms with van der Waals surface area (Å²) >= 11 is 0. The third-order valence-electron chi connectivity index (χ3n) is 3.89. The summed E-state index contributed by atoms with van der Waals surface area (Å²) in [5, 5.41) is 11.9. The van der Waals surface area contributed by atoms with Crippen LogP contribution in [0, 0.1) is 5.41 Å². The van der Waals surface area contributed by atoms with Crippen LogP contribution < -0.4 is 5.32 Å². The minimum atomic E-state index is -0.885. The average Bonchev–Trinajstić information content (AvgIpc) is 2.45. The molecule has 1 aliphatic heterocycles. The number of nitrogens with one attached hydrogen (secondary N) is 1. The summed E-state index contributed by atoms with van der Waals surface area (Å²) in [5.41, 5.74) is -0.885. The molecule has 114 valence electrons. The van der Waals surface area contributed by atoms with E-state index in [0.29, 0.717) is 25.8 Å². The molecule has 2 unspecified atom stereocenters. The maximum absolute atomic E-state index is 12.1. The Morgan fingerprint density at radius 3 is 2.60 bits per heavy atom. The predicted octanol–water partition coefficient (Wildman–Crippen LogP) is 0.834. The second-order valence-corrected chi connectivity index (χ2v) is 5.16. The van der Waals surface area contributed by atoms with Crippen molar-refractivity contribution in [3.63, 3.8) is 0 Å². The van der Waals surface area contributed by atoms with E-state index in [2.05, 4.69) is 10.1 Å². The number of likely N-dealkylation sites (tertiary alicyclic amines) is 1. The first-order valence-electron chi connectivity index (χ1n) is 6.73. The van der Waals surface area contributed by atoms with Crippen molar-refractivity contribution in [3.05, 3.63) is 0 Å². The molecule has 0 aromatic carbocycles. The van der Waals surface area contributed by atoms with Crippen LogP contribution in [0.5, 0.6) is 0 Å². The van der Waals surface area contributed by atoms with Crippen molar-refractivity contribution in [1.29, 1.82) is 0 Å². The zero-order chi connectivity index (χ0) is 15.3. The van der Waals surface area contributed by atoms with Crippen LogP contribution in [0.2, 0.25) is 0 Å². The van der Waals surface area contributed by atoms with E-state index in [0.717, 1.165) is 0 Å². The van der Waals surface area contributed by atoms with Gasteiger partial charge in [0, 0.05) is 13.1 Å². The van der Waals surface area contributed by atoms with Crippen LogP contribution in [-0.4, -0.2) is 54.2 Å². The van der Waals surface area contributed by atoms with Crippen LogP contribution >= 0.6 is 0 Å². The van der Waals surface area contributed by atoms with Crippen molar-refractivity contribution >= 4 is 18.0 Å². The normalized spacial score (nSPS) is 23.9. The molecule has 0 radical (unpaired) electrons. The molecule has 20 heavy (non-hydrogen) atoms. The summed E-state index contributed by atoms with van der Waals surface area (Å²) in [6.07, 6.45) is 1.67. The number of amides is 2. The zero-order valence-corrected chi connectivity index (χ0v) is 12.1. The number of hydrogen-bond acceptors (Lipinski definition) is 4. The highest BCUT2D eigenvalue weighted by molar-refractivity contribution is 5.84. The van der Waals surface area contributed by atoms with Crippen LogP contribution in [0.15, 0.2) is 0 Å². The molecule has 0 spiro atoms. The lowest BCUT2D eigenvalue weighted by Gasteiger charge is -2.39. The van der Waals surface area contributed by atoms with Crippen molar-refractivity contribution < 1.29 is 24.2 Å². The van der Waals surface area contributed by atoms with Gasteiger partial charge in [0.1, 0.15) is 6.04 Å². The van der Waals surface area contributed by atoms with Crippen LogP contribution in [-0.2, 0) is 14.3 Å². The number of ether oxygens (including phenoxy) is 1. The van der Waals surface area contributed by atoms with E-state index in [1.54, 1.807) is 0 Å². The molecule has 2 N–H and O–H groups in total. The molecular formula is C13H22N2O5. The lowest BCUT2D eigenvalue weighted by Crippen LogP contribution is -2.54. The van der Waals surface area contributed by atoms with Gasteiger partial charge in [-0.1, -0.05) is 6.92 Å². The first-order valence-corrected chi connectivity index (χ1v) is 6.73. The van der Waals surface area contributed by atoms with Gasteiger partial charge in [0.2, 0.25) is 0 Å². The molecule has 0 aromatic rings. The summed E-state index contributed by atoms with van der Waals surface area (Å²) in [4.78, 5) is 36.2. The first kappa shape index (κ1) is 16.3. The fraction of sp³-hybridized carbons (Fsp3) is 0.769. The highest BCUT2D eigenvalue weighted by Crippen LogP contribution is 2.33. The standard InChI is InChI=1S/C13H22N2O5/c1-4-13(11(17)18)6-5-7-15(8-13)12(19)14-9(2)10(16)20-3/h9H,4-8H2,1-3H3,(H,14,19)(H,17,18). The number of piperidine rings is 1. The summed E-state index contributed by atoms with van der Waals surface area (Å²) in [5.74, 6) is -1.41. The topological polar surface area (TPSA) is 95.9 Å². The second kappa shape index (κ2) is 6.58. The van der Waals surface area contributed by atoms with Gasteiger partial charge in [-0.05, 0) is 26.2 Å². The average molecular weight is 286 g/mol. The van der Waals surface area contributed by atoms with Gasteiger partial charge in [0.25, 0.3) is 0 Å². The number of rotatable bonds is 4. The van der Waals surface area contributed by atoms with E-state index in [-0.39, 0.29) is 6.54 Å². The van der Waals surface area contributed by atoms with Crippen LogP contribution in [0.1, 0.15) is 33.1 Å². The second-order valence-electron chi connectivity index (χ2n) is 5.16. The molecule has 7 nitrogen and oxygen atoms in total. The summed E-state index contributed by atoms with van der Waals surface area (Å²) in [6, 6.07) is -1.18. The Morgan fingerprint density at radius 1 is 1.45 bits per heavy atom. The number of carbonyl (C=O) groups excluding carboxylic acids is 2. The van der Waals surface area contributed by atoms with Gasteiger partial charge in [-0.2, -0.15) is 0 Å². The monoisotopic (exact) mass is 286 g/mol. The highest BCUT2D eigenvalue weighted by Gasteiger charge is 2.42. The number of carboxylic acid groups (broad SMARTS) is 1. The predicted molar refractivity (Wildman–Crippen MR) is 71.2 cm³/mol. The number of aliphatic carboxylic acids is 1. The Kier molecular flexibility index (Phi) is 5.35. The number of esters is 1. The zero-order valence-electron chi connectivity index (χ0n) is 12.1. The minimum Gasteiger partial charge on any atom is -0.481 e. The number of carboxylic acids is 1. The van der Waals surface area contributed by atoms with Crippen LogP contribution in [0.3, 0.4) is 0 Å². The third kappa shape index (κ3) is 3.40. The van der Waals surface area contributed by atoms with Gasteiger partial charge < -0.3 is 20.1 Å². The number of urea groups is 1. The van der Waals surface area contributed by atoms with E-state index in [9.17, 15) is 19.5 Å². The van der Waals surface area contributed by atoms with Crippen molar-refractivity contribution in [3.8, 4) is 0 Å². The smallest absolute Gasteiger partial charge is 0.328 e. The lowest BCUT2D eigenvalue weighted by atomic mass is 9.78. The van der Waals surface area contributed by atoms with Gasteiger partial charge in [-0.25, -0.2) is 9.59 Å². The Morgan fingerprint density at radius 2 is 2.10 bits per heavy atom. The van der Waals surface area contributed by atoms with E-state index in [1.165, 1.54) is 18.9 Å². The molecule has 1 saturated heterocycles. The Bertz CT molecular complexity index is 398. The third-order valence-corrected chi connectivity index (χ3v) is 3.89. The fourth-order valence-corrected chi connectivity index (χ4v) is 2.43. The molecule has 7 heteroatoms. The Balaban J connectivity index is 2.69. The fourth-order valence-electron chi connectivity index (χ4n) is 2.43. The largest absolute Gasteiger partial charge is 0.481 e. The highest BCUT2D eigenvalue weighted by atomic mass is 16.5. The number of methoxy groups -OCH3 is 1. The van der Waals surface area contributed by atoms with Gasteiger partial charge >= 0.3 is 18.0 Å². The first-order chi connectivity index (χ1) is 9.36. The van der Waals surface area contributed by atoms with Gasteiger partial charge in [0.05, 0.1) is 12.5 Å².